The van der Waals surface area contributed by atoms with Crippen molar-refractivity contribution in [2.75, 3.05) is 26.2 Å². The Hall–Kier alpha value is -1.38. The quantitative estimate of drug-likeness (QED) is 0.841. The van der Waals surface area contributed by atoms with E-state index in [-0.39, 0.29) is 29.0 Å². The van der Waals surface area contributed by atoms with Crippen molar-refractivity contribution in [3.63, 3.8) is 0 Å². The third-order valence-electron chi connectivity index (χ3n) is 2.80. The summed E-state index contributed by atoms with van der Waals surface area (Å²) in [6, 6.07) is 2.84. The van der Waals surface area contributed by atoms with Crippen LogP contribution < -0.4 is 10.0 Å². The maximum atomic E-state index is 12.9. The van der Waals surface area contributed by atoms with Crippen LogP contribution in [-0.4, -0.2) is 45.5 Å². The maximum Gasteiger partial charge on any atom is 0.317 e. The van der Waals surface area contributed by atoms with Gasteiger partial charge in [0.15, 0.2) is 0 Å². The average molecular weight is 322 g/mol. The summed E-state index contributed by atoms with van der Waals surface area (Å²) in [6.45, 7) is 1.40. The van der Waals surface area contributed by atoms with E-state index in [2.05, 4.69) is 10.0 Å². The second-order valence-corrected chi connectivity index (χ2v) is 6.33. The molecular formula is C11H13ClFN3O3S. The number of amides is 2. The van der Waals surface area contributed by atoms with Crippen LogP contribution in [0.2, 0.25) is 5.02 Å². The van der Waals surface area contributed by atoms with Crippen LogP contribution in [0.25, 0.3) is 0 Å². The summed E-state index contributed by atoms with van der Waals surface area (Å²) < 4.78 is 39.2. The Morgan fingerprint density at radius 2 is 2.20 bits per heavy atom. The van der Waals surface area contributed by atoms with Gasteiger partial charge >= 0.3 is 6.03 Å². The average Bonchev–Trinajstić information content (AvgIpc) is 2.74. The van der Waals surface area contributed by atoms with Gasteiger partial charge < -0.3 is 10.2 Å². The minimum absolute atomic E-state index is 0.0590. The molecule has 1 aromatic carbocycles. The number of hydrogen-bond acceptors (Lipinski definition) is 3. The normalized spacial score (nSPS) is 15.5. The molecule has 1 heterocycles. The molecule has 2 amide bonds. The summed E-state index contributed by atoms with van der Waals surface area (Å²) >= 11 is 5.71. The number of halogens is 2. The predicted molar refractivity (Wildman–Crippen MR) is 71.6 cm³/mol. The van der Waals surface area contributed by atoms with E-state index in [9.17, 15) is 17.6 Å². The van der Waals surface area contributed by atoms with Crippen LogP contribution >= 0.6 is 11.6 Å². The molecule has 6 nitrogen and oxygen atoms in total. The Bertz CT molecular complexity index is 623. The summed E-state index contributed by atoms with van der Waals surface area (Å²) in [7, 11) is -3.82. The van der Waals surface area contributed by atoms with Crippen LogP contribution in [-0.2, 0) is 10.0 Å². The standard InChI is InChI=1S/C11H13ClFN3O3S/c12-9-7-8(13)1-2-10(9)20(18,19)15-4-6-16-5-3-14-11(16)17/h1-2,7,15H,3-6H2,(H,14,17). The molecule has 0 bridgehead atoms. The molecule has 1 fully saturated rings. The smallest absolute Gasteiger partial charge is 0.317 e. The van der Waals surface area contributed by atoms with Gasteiger partial charge in [0.05, 0.1) is 5.02 Å². The van der Waals surface area contributed by atoms with Crippen molar-refractivity contribution in [1.29, 1.82) is 0 Å². The van der Waals surface area contributed by atoms with Gasteiger partial charge in [0, 0.05) is 26.2 Å². The zero-order valence-electron chi connectivity index (χ0n) is 10.4. The fraction of sp³-hybridized carbons (Fsp3) is 0.364. The number of urea groups is 1. The second kappa shape index (κ2) is 5.94. The van der Waals surface area contributed by atoms with E-state index in [0.29, 0.717) is 13.1 Å². The summed E-state index contributed by atoms with van der Waals surface area (Å²) in [5.74, 6) is -0.609. The van der Waals surface area contributed by atoms with Gasteiger partial charge in [0.25, 0.3) is 0 Å². The van der Waals surface area contributed by atoms with Crippen molar-refractivity contribution in [2.45, 2.75) is 4.90 Å². The lowest BCUT2D eigenvalue weighted by Crippen LogP contribution is -2.36. The lowest BCUT2D eigenvalue weighted by Gasteiger charge is -2.14. The molecule has 2 rings (SSSR count). The van der Waals surface area contributed by atoms with E-state index < -0.39 is 15.8 Å². The lowest BCUT2D eigenvalue weighted by atomic mass is 10.3. The summed E-state index contributed by atoms with van der Waals surface area (Å²) in [4.78, 5) is 12.6. The number of nitrogens with zero attached hydrogens (tertiary/aromatic N) is 1. The Labute approximate surface area is 121 Å². The lowest BCUT2D eigenvalue weighted by molar-refractivity contribution is 0.218. The Balaban J connectivity index is 1.98. The van der Waals surface area contributed by atoms with Crippen molar-refractivity contribution in [3.8, 4) is 0 Å². The van der Waals surface area contributed by atoms with Gasteiger partial charge in [-0.3, -0.25) is 0 Å². The number of sulfonamides is 1. The van der Waals surface area contributed by atoms with Gasteiger partial charge in [-0.25, -0.2) is 22.3 Å². The molecule has 0 unspecified atom stereocenters. The fourth-order valence-electron chi connectivity index (χ4n) is 1.81. The first-order chi connectivity index (χ1) is 9.40. The Morgan fingerprint density at radius 1 is 1.45 bits per heavy atom. The third-order valence-corrected chi connectivity index (χ3v) is 4.75. The van der Waals surface area contributed by atoms with Crippen molar-refractivity contribution in [3.05, 3.63) is 29.0 Å². The minimum Gasteiger partial charge on any atom is -0.336 e. The van der Waals surface area contributed by atoms with Gasteiger partial charge in [-0.15, -0.1) is 0 Å². The first kappa shape index (κ1) is 15.0. The molecule has 0 aliphatic carbocycles. The Morgan fingerprint density at radius 3 is 2.80 bits per heavy atom. The highest BCUT2D eigenvalue weighted by Gasteiger charge is 2.21. The van der Waals surface area contributed by atoms with Crippen molar-refractivity contribution in [1.82, 2.24) is 14.9 Å². The SMILES string of the molecule is O=C1NCCN1CCNS(=O)(=O)c1ccc(F)cc1Cl. The van der Waals surface area contributed by atoms with Gasteiger partial charge in [-0.05, 0) is 18.2 Å². The van der Waals surface area contributed by atoms with Crippen LogP contribution in [0.3, 0.4) is 0 Å². The molecule has 110 valence electrons. The molecule has 1 aromatic rings. The zero-order valence-corrected chi connectivity index (χ0v) is 12.0. The summed E-state index contributed by atoms with van der Waals surface area (Å²) in [5.41, 5.74) is 0. The van der Waals surface area contributed by atoms with Gasteiger partial charge in [0.2, 0.25) is 10.0 Å². The molecule has 0 aromatic heterocycles. The monoisotopic (exact) mass is 321 g/mol. The van der Waals surface area contributed by atoms with E-state index >= 15 is 0 Å². The number of rotatable bonds is 5. The number of benzene rings is 1. The van der Waals surface area contributed by atoms with E-state index in [1.807, 2.05) is 0 Å². The van der Waals surface area contributed by atoms with Crippen LogP contribution in [0.4, 0.5) is 9.18 Å². The highest BCUT2D eigenvalue weighted by molar-refractivity contribution is 7.89. The van der Waals surface area contributed by atoms with Gasteiger partial charge in [0.1, 0.15) is 10.7 Å². The van der Waals surface area contributed by atoms with Crippen molar-refractivity contribution >= 4 is 27.7 Å². The molecule has 1 aliphatic heterocycles. The maximum absolute atomic E-state index is 12.9. The molecular weight excluding hydrogens is 309 g/mol. The van der Waals surface area contributed by atoms with Crippen LogP contribution in [0.1, 0.15) is 0 Å². The topological polar surface area (TPSA) is 78.5 Å². The first-order valence-corrected chi connectivity index (χ1v) is 7.74. The third kappa shape index (κ3) is 3.38. The molecule has 0 spiro atoms. The first-order valence-electron chi connectivity index (χ1n) is 5.87. The van der Waals surface area contributed by atoms with E-state index in [1.165, 1.54) is 4.90 Å². The Kier molecular flexibility index (Phi) is 4.46. The van der Waals surface area contributed by atoms with Gasteiger partial charge in [-0.2, -0.15) is 0 Å². The molecule has 1 saturated heterocycles. The fourth-order valence-corrected chi connectivity index (χ4v) is 3.36. The molecule has 1 aliphatic rings. The highest BCUT2D eigenvalue weighted by Crippen LogP contribution is 2.21. The van der Waals surface area contributed by atoms with E-state index in [0.717, 1.165) is 18.2 Å². The summed E-state index contributed by atoms with van der Waals surface area (Å²) in [5, 5.41) is 2.43. The molecule has 9 heteroatoms. The zero-order chi connectivity index (χ0) is 14.8. The number of carbonyl (C=O) groups is 1. The van der Waals surface area contributed by atoms with E-state index in [1.54, 1.807) is 0 Å². The number of hydrogen-bond donors (Lipinski definition) is 2. The van der Waals surface area contributed by atoms with Crippen molar-refractivity contribution in [2.24, 2.45) is 0 Å². The highest BCUT2D eigenvalue weighted by atomic mass is 35.5. The molecule has 0 saturated carbocycles. The molecule has 2 N–H and O–H groups in total. The largest absolute Gasteiger partial charge is 0.336 e. The van der Waals surface area contributed by atoms with Crippen LogP contribution in [0.15, 0.2) is 23.1 Å². The minimum atomic E-state index is -3.82. The molecule has 0 radical (unpaired) electrons. The molecule has 0 atom stereocenters. The second-order valence-electron chi connectivity index (χ2n) is 4.19. The summed E-state index contributed by atoms with van der Waals surface area (Å²) in [6.07, 6.45) is 0. The number of carbonyl (C=O) groups excluding carboxylic acids is 1. The predicted octanol–water partition coefficient (Wildman–Crippen LogP) is 0.783. The van der Waals surface area contributed by atoms with Crippen LogP contribution in [0.5, 0.6) is 0 Å². The van der Waals surface area contributed by atoms with Crippen LogP contribution in [0, 0.1) is 5.82 Å². The van der Waals surface area contributed by atoms with Crippen molar-refractivity contribution < 1.29 is 17.6 Å². The molecule has 20 heavy (non-hydrogen) atoms. The van der Waals surface area contributed by atoms with E-state index in [4.69, 9.17) is 11.6 Å². The van der Waals surface area contributed by atoms with Gasteiger partial charge in [-0.1, -0.05) is 11.6 Å². The number of nitrogens with one attached hydrogen (secondary N) is 2.